The van der Waals surface area contributed by atoms with Gasteiger partial charge in [0.1, 0.15) is 5.82 Å². The summed E-state index contributed by atoms with van der Waals surface area (Å²) in [6, 6.07) is 65.2. The molecule has 61 heavy (non-hydrogen) atoms. The molecule has 0 fully saturated rings. The van der Waals surface area contributed by atoms with Crippen molar-refractivity contribution < 1.29 is 0 Å². The number of aromatic nitrogens is 5. The molecule has 0 aliphatic heterocycles. The Labute approximate surface area is 357 Å². The molecular formula is C54H38N6S. The lowest BCUT2D eigenvalue weighted by Crippen LogP contribution is -2.01. The van der Waals surface area contributed by atoms with Crippen molar-refractivity contribution >= 4 is 48.2 Å². The number of para-hydroxylation sites is 2. The number of fused-ring (bicyclic) bond motifs is 4. The molecule has 0 spiro atoms. The molecule has 11 rings (SSSR count). The number of anilines is 1. The number of hydrogen-bond donors (Lipinski definition) is 1. The maximum Gasteiger partial charge on any atom is 0.165 e. The van der Waals surface area contributed by atoms with Gasteiger partial charge in [0.15, 0.2) is 17.5 Å². The van der Waals surface area contributed by atoms with E-state index in [0.29, 0.717) is 23.2 Å². The minimum Gasteiger partial charge on any atom is -0.398 e. The number of imidazole rings is 1. The Morgan fingerprint density at radius 2 is 1.00 bits per heavy atom. The average molecular weight is 803 g/mol. The van der Waals surface area contributed by atoms with Gasteiger partial charge < -0.3 is 5.73 Å². The zero-order valence-electron chi connectivity index (χ0n) is 33.3. The summed E-state index contributed by atoms with van der Waals surface area (Å²) in [6.45, 7) is 2.14. The first kappa shape index (κ1) is 36.3. The Bertz CT molecular complexity index is 3410. The second-order valence-corrected chi connectivity index (χ2v) is 16.1. The van der Waals surface area contributed by atoms with E-state index in [9.17, 15) is 0 Å². The summed E-state index contributed by atoms with van der Waals surface area (Å²) < 4.78 is 4.63. The normalized spacial score (nSPS) is 11.5. The fourth-order valence-corrected chi connectivity index (χ4v) is 9.83. The molecule has 3 heterocycles. The van der Waals surface area contributed by atoms with Gasteiger partial charge in [0.25, 0.3) is 0 Å². The van der Waals surface area contributed by atoms with Crippen molar-refractivity contribution in [3.63, 3.8) is 0 Å². The van der Waals surface area contributed by atoms with Crippen LogP contribution in [0.15, 0.2) is 188 Å². The number of nitrogen functional groups attached to an aromatic ring is 1. The molecule has 8 aromatic carbocycles. The van der Waals surface area contributed by atoms with Gasteiger partial charge in [-0.1, -0.05) is 159 Å². The van der Waals surface area contributed by atoms with Crippen LogP contribution in [-0.4, -0.2) is 24.5 Å². The summed E-state index contributed by atoms with van der Waals surface area (Å²) in [5.74, 6) is 2.88. The van der Waals surface area contributed by atoms with E-state index >= 15 is 0 Å². The SMILES string of the molecule is CCc1nc2ccccc2n1-c1ccc(-c2ccc(-c3ccccc3-c3nc(-c4ccccc4)nc(-c4cccc5c4sc4c(-c6ccccc6)cccc45)n3)cc2N)cc1. The van der Waals surface area contributed by atoms with Crippen molar-refractivity contribution in [3.8, 4) is 73.2 Å². The van der Waals surface area contributed by atoms with Gasteiger partial charge in [-0.2, -0.15) is 0 Å². The lowest BCUT2D eigenvalue weighted by Gasteiger charge is -2.14. The van der Waals surface area contributed by atoms with Crippen LogP contribution < -0.4 is 5.73 Å². The van der Waals surface area contributed by atoms with Crippen LogP contribution in [0.4, 0.5) is 5.69 Å². The molecule has 0 bridgehead atoms. The molecule has 11 aromatic rings. The zero-order chi connectivity index (χ0) is 40.9. The molecule has 0 atom stereocenters. The summed E-state index contributed by atoms with van der Waals surface area (Å²) in [7, 11) is 0. The van der Waals surface area contributed by atoms with Crippen LogP contribution in [0.2, 0.25) is 0 Å². The van der Waals surface area contributed by atoms with Crippen molar-refractivity contribution in [1.29, 1.82) is 0 Å². The Morgan fingerprint density at radius 3 is 1.72 bits per heavy atom. The van der Waals surface area contributed by atoms with E-state index in [2.05, 4.69) is 157 Å². The molecule has 0 aliphatic carbocycles. The minimum atomic E-state index is 0.597. The van der Waals surface area contributed by atoms with E-state index in [0.717, 1.165) is 72.6 Å². The molecule has 0 saturated carbocycles. The summed E-state index contributed by atoms with van der Waals surface area (Å²) in [6.07, 6.45) is 0.837. The summed E-state index contributed by atoms with van der Waals surface area (Å²) in [5, 5.41) is 2.41. The smallest absolute Gasteiger partial charge is 0.165 e. The number of hydrogen-bond acceptors (Lipinski definition) is 6. The van der Waals surface area contributed by atoms with E-state index in [1.54, 1.807) is 11.3 Å². The standard InChI is InChI=1S/C54H38N6S/c1-2-49-56-47-25-11-12-26-48(47)60(49)38-30-27-35(28-31-38)40-32-29-37(33-46(40)55)39-19-9-10-20-44(39)53-57-52(36-17-7-4-8-18-36)58-54(59-53)45-24-14-23-43-42-22-13-21-41(50(42)61-51(43)45)34-15-5-3-6-16-34/h3-33H,2,55H2,1H3. The highest BCUT2D eigenvalue weighted by molar-refractivity contribution is 7.26. The third-order valence-electron chi connectivity index (χ3n) is 11.4. The van der Waals surface area contributed by atoms with Crippen LogP contribution in [0.1, 0.15) is 12.7 Å². The van der Waals surface area contributed by atoms with E-state index < -0.39 is 0 Å². The number of nitrogens with two attached hydrogens (primary N) is 1. The van der Waals surface area contributed by atoms with Crippen LogP contribution in [-0.2, 0) is 6.42 Å². The van der Waals surface area contributed by atoms with E-state index in [1.807, 2.05) is 42.5 Å². The highest BCUT2D eigenvalue weighted by Crippen LogP contribution is 2.44. The lowest BCUT2D eigenvalue weighted by molar-refractivity contribution is 0.908. The Kier molecular flexibility index (Phi) is 9.02. The predicted octanol–water partition coefficient (Wildman–Crippen LogP) is 13.7. The zero-order valence-corrected chi connectivity index (χ0v) is 34.1. The first-order valence-corrected chi connectivity index (χ1v) is 21.3. The molecule has 7 heteroatoms. The van der Waals surface area contributed by atoms with Gasteiger partial charge in [0.05, 0.1) is 11.0 Å². The van der Waals surface area contributed by atoms with Gasteiger partial charge in [-0.15, -0.1) is 11.3 Å². The molecular weight excluding hydrogens is 765 g/mol. The maximum absolute atomic E-state index is 6.91. The van der Waals surface area contributed by atoms with E-state index in [1.165, 1.54) is 26.6 Å². The van der Waals surface area contributed by atoms with Gasteiger partial charge in [-0.05, 0) is 64.2 Å². The molecule has 0 saturated heterocycles. The fraction of sp³-hybridized carbons (Fsp3) is 0.0370. The molecule has 0 amide bonds. The Hall–Kier alpha value is -7.74. The van der Waals surface area contributed by atoms with Gasteiger partial charge in [-0.25, -0.2) is 19.9 Å². The van der Waals surface area contributed by atoms with Crippen molar-refractivity contribution in [2.45, 2.75) is 13.3 Å². The number of aryl methyl sites for hydroxylation is 1. The first-order valence-electron chi connectivity index (χ1n) is 20.5. The molecule has 3 aromatic heterocycles. The van der Waals surface area contributed by atoms with Crippen molar-refractivity contribution in [3.05, 3.63) is 194 Å². The van der Waals surface area contributed by atoms with Crippen molar-refractivity contribution in [2.24, 2.45) is 0 Å². The number of benzene rings is 8. The third-order valence-corrected chi connectivity index (χ3v) is 12.7. The fourth-order valence-electron chi connectivity index (χ4n) is 8.49. The van der Waals surface area contributed by atoms with Crippen LogP contribution in [0, 0.1) is 0 Å². The molecule has 0 unspecified atom stereocenters. The Balaban J connectivity index is 1.00. The molecule has 290 valence electrons. The Morgan fingerprint density at radius 1 is 0.443 bits per heavy atom. The van der Waals surface area contributed by atoms with E-state index in [4.69, 9.17) is 25.7 Å². The minimum absolute atomic E-state index is 0.597. The van der Waals surface area contributed by atoms with Gasteiger partial charge in [-0.3, -0.25) is 4.57 Å². The monoisotopic (exact) mass is 802 g/mol. The summed E-state index contributed by atoms with van der Waals surface area (Å²) in [4.78, 5) is 20.5. The number of thiophene rings is 1. The third kappa shape index (κ3) is 6.43. The quantitative estimate of drug-likeness (QED) is 0.155. The highest BCUT2D eigenvalue weighted by atomic mass is 32.1. The average Bonchev–Trinajstić information content (AvgIpc) is 3.91. The van der Waals surface area contributed by atoms with Gasteiger partial charge >= 0.3 is 0 Å². The molecule has 0 radical (unpaired) electrons. The second-order valence-electron chi connectivity index (χ2n) is 15.1. The first-order chi connectivity index (χ1) is 30.1. The van der Waals surface area contributed by atoms with Crippen LogP contribution in [0.25, 0.3) is 104 Å². The van der Waals surface area contributed by atoms with Crippen LogP contribution in [0.3, 0.4) is 0 Å². The maximum atomic E-state index is 6.91. The topological polar surface area (TPSA) is 82.5 Å². The van der Waals surface area contributed by atoms with Crippen LogP contribution >= 0.6 is 11.3 Å². The lowest BCUT2D eigenvalue weighted by atomic mass is 9.95. The second kappa shape index (κ2) is 15.1. The van der Waals surface area contributed by atoms with Crippen molar-refractivity contribution in [2.75, 3.05) is 5.73 Å². The highest BCUT2D eigenvalue weighted by Gasteiger charge is 2.20. The largest absolute Gasteiger partial charge is 0.398 e. The number of nitrogens with zero attached hydrogens (tertiary/aromatic N) is 5. The van der Waals surface area contributed by atoms with Crippen LogP contribution in [0.5, 0.6) is 0 Å². The molecule has 0 aliphatic rings. The predicted molar refractivity (Wildman–Crippen MR) is 254 cm³/mol. The molecule has 2 N–H and O–H groups in total. The van der Waals surface area contributed by atoms with Crippen molar-refractivity contribution in [1.82, 2.24) is 24.5 Å². The number of rotatable bonds is 8. The molecule has 6 nitrogen and oxygen atoms in total. The van der Waals surface area contributed by atoms with Gasteiger partial charge in [0, 0.05) is 60.2 Å². The van der Waals surface area contributed by atoms with Gasteiger partial charge in [0.2, 0.25) is 0 Å². The summed E-state index contributed by atoms with van der Waals surface area (Å²) in [5.41, 5.74) is 20.0. The van der Waals surface area contributed by atoms with E-state index in [-0.39, 0.29) is 0 Å². The summed E-state index contributed by atoms with van der Waals surface area (Å²) >= 11 is 1.79.